The van der Waals surface area contributed by atoms with Gasteiger partial charge in [-0.15, -0.1) is 0 Å². The van der Waals surface area contributed by atoms with Gasteiger partial charge >= 0.3 is 0 Å². The molecule has 3 fully saturated rings. The number of benzene rings is 1. The standard InChI is InChI=1S/C25H29FN4O3/c26-18-10-17-13-30(24(31)22-4-1-2-9-33-22)21-11-19(5-6-20(21)28-23(17)27-12-18)29-14-25(15-29)7-3-8-32-16-25/h5-6,10-12,22H,1-4,7-9,13-16H2,(H,27,28)/t22-/m1/s1. The zero-order chi connectivity index (χ0) is 22.4. The van der Waals surface area contributed by atoms with E-state index in [2.05, 4.69) is 27.3 Å². The quantitative estimate of drug-likeness (QED) is 0.743. The number of hydrogen-bond acceptors (Lipinski definition) is 6. The van der Waals surface area contributed by atoms with Crippen LogP contribution in [-0.2, 0) is 20.8 Å². The predicted molar refractivity (Wildman–Crippen MR) is 123 cm³/mol. The summed E-state index contributed by atoms with van der Waals surface area (Å²) >= 11 is 0. The van der Waals surface area contributed by atoms with Crippen LogP contribution in [0.25, 0.3) is 0 Å². The van der Waals surface area contributed by atoms with Crippen LogP contribution < -0.4 is 15.1 Å². The van der Waals surface area contributed by atoms with E-state index in [1.165, 1.54) is 18.7 Å². The normalized spacial score (nSPS) is 23.7. The fourth-order valence-electron chi connectivity index (χ4n) is 5.55. The number of rotatable bonds is 2. The molecular weight excluding hydrogens is 423 g/mol. The number of pyridine rings is 1. The van der Waals surface area contributed by atoms with E-state index in [-0.39, 0.29) is 17.9 Å². The molecular formula is C25H29FN4O3. The molecule has 1 atom stereocenters. The van der Waals surface area contributed by atoms with Crippen LogP contribution in [0.15, 0.2) is 30.5 Å². The van der Waals surface area contributed by atoms with E-state index in [0.717, 1.165) is 62.6 Å². The van der Waals surface area contributed by atoms with Crippen LogP contribution in [0.1, 0.15) is 37.7 Å². The Labute approximate surface area is 192 Å². The van der Waals surface area contributed by atoms with E-state index in [1.54, 1.807) is 4.90 Å². The van der Waals surface area contributed by atoms with Gasteiger partial charge in [0.2, 0.25) is 0 Å². The molecule has 1 amide bonds. The van der Waals surface area contributed by atoms with E-state index in [0.29, 0.717) is 24.4 Å². The van der Waals surface area contributed by atoms with Crippen molar-refractivity contribution in [2.45, 2.75) is 44.8 Å². The molecule has 0 radical (unpaired) electrons. The van der Waals surface area contributed by atoms with Crippen LogP contribution in [0.5, 0.6) is 0 Å². The SMILES string of the molecule is O=C([C@H]1CCCCO1)N1Cc2cc(F)cnc2Nc2ccc(N3CC4(CCCOC4)C3)cc21. The number of carbonyl (C=O) groups is 1. The number of hydrogen-bond donors (Lipinski definition) is 1. The van der Waals surface area contributed by atoms with Crippen molar-refractivity contribution in [1.29, 1.82) is 0 Å². The van der Waals surface area contributed by atoms with Crippen molar-refractivity contribution < 1.29 is 18.7 Å². The summed E-state index contributed by atoms with van der Waals surface area (Å²) in [6.45, 7) is 4.46. The summed E-state index contributed by atoms with van der Waals surface area (Å²) in [7, 11) is 0. The number of nitrogens with zero attached hydrogens (tertiary/aromatic N) is 3. The first-order valence-corrected chi connectivity index (χ1v) is 11.9. The highest BCUT2D eigenvalue weighted by atomic mass is 19.1. The summed E-state index contributed by atoms with van der Waals surface area (Å²) in [5, 5.41) is 3.33. The van der Waals surface area contributed by atoms with Crippen LogP contribution in [0.2, 0.25) is 0 Å². The largest absolute Gasteiger partial charge is 0.381 e. The van der Waals surface area contributed by atoms with Crippen molar-refractivity contribution in [1.82, 2.24) is 4.98 Å². The molecule has 1 aromatic carbocycles. The Morgan fingerprint density at radius 2 is 2.09 bits per heavy atom. The van der Waals surface area contributed by atoms with Crippen LogP contribution >= 0.6 is 0 Å². The van der Waals surface area contributed by atoms with Gasteiger partial charge in [0, 0.05) is 43.0 Å². The van der Waals surface area contributed by atoms with Crippen molar-refractivity contribution in [3.05, 3.63) is 41.8 Å². The van der Waals surface area contributed by atoms with Gasteiger partial charge in [-0.2, -0.15) is 0 Å². The minimum absolute atomic E-state index is 0.0761. The van der Waals surface area contributed by atoms with Gasteiger partial charge in [-0.1, -0.05) is 0 Å². The van der Waals surface area contributed by atoms with E-state index in [1.807, 2.05) is 6.07 Å². The molecule has 0 aliphatic carbocycles. The monoisotopic (exact) mass is 452 g/mol. The summed E-state index contributed by atoms with van der Waals surface area (Å²) in [5.74, 6) is 0.0874. The van der Waals surface area contributed by atoms with Crippen molar-refractivity contribution in [2.24, 2.45) is 5.41 Å². The number of halogens is 1. The fourth-order valence-corrected chi connectivity index (χ4v) is 5.55. The molecule has 4 aliphatic rings. The Hall–Kier alpha value is -2.71. The van der Waals surface area contributed by atoms with Crippen LogP contribution in [0, 0.1) is 11.2 Å². The second-order valence-corrected chi connectivity index (χ2v) is 9.78. The molecule has 7 nitrogen and oxygen atoms in total. The lowest BCUT2D eigenvalue weighted by Crippen LogP contribution is -2.60. The third-order valence-electron chi connectivity index (χ3n) is 7.33. The molecule has 1 N–H and O–H groups in total. The van der Waals surface area contributed by atoms with Crippen molar-refractivity contribution in [3.63, 3.8) is 0 Å². The highest BCUT2D eigenvalue weighted by Gasteiger charge is 2.44. The van der Waals surface area contributed by atoms with Crippen LogP contribution in [0.4, 0.5) is 27.3 Å². The van der Waals surface area contributed by atoms with Crippen molar-refractivity contribution >= 4 is 28.8 Å². The van der Waals surface area contributed by atoms with E-state index in [4.69, 9.17) is 9.47 Å². The average molecular weight is 453 g/mol. The maximum atomic E-state index is 14.0. The second kappa shape index (κ2) is 8.25. The molecule has 33 heavy (non-hydrogen) atoms. The maximum Gasteiger partial charge on any atom is 0.256 e. The van der Waals surface area contributed by atoms with E-state index in [9.17, 15) is 9.18 Å². The fraction of sp³-hybridized carbons (Fsp3) is 0.520. The van der Waals surface area contributed by atoms with Gasteiger partial charge in [0.25, 0.3) is 5.91 Å². The molecule has 3 saturated heterocycles. The Bertz CT molecular complexity index is 1060. The molecule has 1 aromatic heterocycles. The summed E-state index contributed by atoms with van der Waals surface area (Å²) in [5.41, 5.74) is 3.56. The second-order valence-electron chi connectivity index (χ2n) is 9.78. The van der Waals surface area contributed by atoms with Gasteiger partial charge < -0.3 is 24.6 Å². The highest BCUT2D eigenvalue weighted by molar-refractivity contribution is 6.01. The first-order valence-electron chi connectivity index (χ1n) is 11.9. The lowest BCUT2D eigenvalue weighted by atomic mass is 9.75. The molecule has 8 heteroatoms. The van der Waals surface area contributed by atoms with Gasteiger partial charge in [-0.3, -0.25) is 4.79 Å². The number of fused-ring (bicyclic) bond motifs is 2. The number of nitrogens with one attached hydrogen (secondary N) is 1. The molecule has 1 spiro atoms. The molecule has 0 unspecified atom stereocenters. The lowest BCUT2D eigenvalue weighted by Gasteiger charge is -2.53. The Balaban J connectivity index is 1.33. The predicted octanol–water partition coefficient (Wildman–Crippen LogP) is 4.00. The van der Waals surface area contributed by atoms with E-state index >= 15 is 0 Å². The number of amides is 1. The zero-order valence-corrected chi connectivity index (χ0v) is 18.7. The van der Waals surface area contributed by atoms with E-state index < -0.39 is 11.9 Å². The van der Waals surface area contributed by atoms with Gasteiger partial charge in [0.15, 0.2) is 0 Å². The molecule has 174 valence electrons. The Morgan fingerprint density at radius 1 is 1.18 bits per heavy atom. The van der Waals surface area contributed by atoms with Crippen LogP contribution in [-0.4, -0.2) is 49.9 Å². The zero-order valence-electron chi connectivity index (χ0n) is 18.7. The van der Waals surface area contributed by atoms with Gasteiger partial charge in [0.05, 0.1) is 30.7 Å². The maximum absolute atomic E-state index is 14.0. The number of carbonyl (C=O) groups excluding carboxylic acids is 1. The molecule has 5 heterocycles. The number of anilines is 4. The lowest BCUT2D eigenvalue weighted by molar-refractivity contribution is -0.132. The first kappa shape index (κ1) is 20.9. The highest BCUT2D eigenvalue weighted by Crippen LogP contribution is 2.44. The minimum atomic E-state index is -0.468. The average Bonchev–Trinajstić information content (AvgIpc) is 2.99. The van der Waals surface area contributed by atoms with Crippen molar-refractivity contribution in [2.75, 3.05) is 48.0 Å². The summed E-state index contributed by atoms with van der Waals surface area (Å²) in [6.07, 6.45) is 5.71. The minimum Gasteiger partial charge on any atom is -0.381 e. The Kier molecular flexibility index (Phi) is 5.22. The molecule has 0 bridgehead atoms. The summed E-state index contributed by atoms with van der Waals surface area (Å²) in [6, 6.07) is 7.60. The first-order chi connectivity index (χ1) is 16.1. The Morgan fingerprint density at radius 3 is 2.88 bits per heavy atom. The molecule has 0 saturated carbocycles. The smallest absolute Gasteiger partial charge is 0.256 e. The van der Waals surface area contributed by atoms with Crippen molar-refractivity contribution in [3.8, 4) is 0 Å². The van der Waals surface area contributed by atoms with Crippen LogP contribution in [0.3, 0.4) is 0 Å². The van der Waals surface area contributed by atoms with Gasteiger partial charge in [-0.25, -0.2) is 9.37 Å². The van der Waals surface area contributed by atoms with Gasteiger partial charge in [0.1, 0.15) is 17.7 Å². The summed E-state index contributed by atoms with van der Waals surface area (Å²) in [4.78, 5) is 21.9. The third-order valence-corrected chi connectivity index (χ3v) is 7.33. The number of ether oxygens (including phenoxy) is 2. The molecule has 6 rings (SSSR count). The topological polar surface area (TPSA) is 66.9 Å². The molecule has 2 aromatic rings. The summed E-state index contributed by atoms with van der Waals surface area (Å²) < 4.78 is 25.6. The third kappa shape index (κ3) is 3.85. The number of aromatic nitrogens is 1. The molecule has 4 aliphatic heterocycles. The van der Waals surface area contributed by atoms with Gasteiger partial charge in [-0.05, 0) is 56.4 Å².